The summed E-state index contributed by atoms with van der Waals surface area (Å²) in [4.78, 5) is 61.3. The van der Waals surface area contributed by atoms with Crippen LogP contribution in [-0.2, 0) is 39.8 Å². The predicted molar refractivity (Wildman–Crippen MR) is 212 cm³/mol. The highest BCUT2D eigenvalue weighted by Crippen LogP contribution is 2.59. The van der Waals surface area contributed by atoms with Gasteiger partial charge in [-0.2, -0.15) is 0 Å². The number of carbonyl (C=O) groups excluding carboxylic acids is 4. The standard InChI is InChI=1S/C45H53N3O8/c1-6-8-22-36(50)46-34(28-54-5)40(32-20-13-10-14-21-32)55-44(53)37-35-23-24-45(56-35)38(37)42(51)48(33(27-49)26-31-18-11-9-12-19-31)41(45)43(52)47(25-7-2)39-29(3)16-15-17-30(39)4/h6-7,9-21,33-35,37-38,40-41,49H,1-2,8,22-28H2,3-5H3,(H,46,50)/t33-,34+,35-,37+,38+,40+,41-,45+/m1/s1. The molecule has 3 aliphatic heterocycles. The SMILES string of the molecule is C=CCCC(=O)N[C@@H](COC)[C@@H](OC(=O)[C@@H]1[C@H]2C(=O)N([C@@H](CO)Cc3ccccc3)[C@H](C(=O)N(CC=C)c3c(C)cccc3C)[C@]23CC[C@H]1O3)c1ccccc1. The van der Waals surface area contributed by atoms with Crippen molar-refractivity contribution in [3.63, 3.8) is 0 Å². The Morgan fingerprint density at radius 1 is 1.02 bits per heavy atom. The van der Waals surface area contributed by atoms with E-state index in [1.807, 2.05) is 92.7 Å². The maximum atomic E-state index is 15.3. The molecule has 56 heavy (non-hydrogen) atoms. The number of ether oxygens (including phenoxy) is 3. The highest BCUT2D eigenvalue weighted by atomic mass is 16.6. The largest absolute Gasteiger partial charge is 0.455 e. The van der Waals surface area contributed by atoms with Crippen LogP contribution in [0.1, 0.15) is 54.0 Å². The molecule has 8 atom stereocenters. The molecule has 11 heteroatoms. The van der Waals surface area contributed by atoms with Crippen molar-refractivity contribution in [3.05, 3.63) is 126 Å². The molecule has 3 heterocycles. The number of esters is 1. The quantitative estimate of drug-likeness (QED) is 0.134. The topological polar surface area (TPSA) is 135 Å². The van der Waals surface area contributed by atoms with Gasteiger partial charge in [-0.05, 0) is 61.8 Å². The maximum absolute atomic E-state index is 15.3. The van der Waals surface area contributed by atoms with Crippen LogP contribution < -0.4 is 10.2 Å². The van der Waals surface area contributed by atoms with Crippen molar-refractivity contribution in [1.29, 1.82) is 0 Å². The first-order valence-corrected chi connectivity index (χ1v) is 19.4. The summed E-state index contributed by atoms with van der Waals surface area (Å²) in [6, 6.07) is 21.7. The number of aliphatic hydroxyl groups excluding tert-OH is 1. The molecule has 0 aromatic heterocycles. The van der Waals surface area contributed by atoms with E-state index in [1.165, 1.54) is 12.0 Å². The van der Waals surface area contributed by atoms with E-state index < -0.39 is 66.3 Å². The number of likely N-dealkylation sites (tertiary alicyclic amines) is 1. The Labute approximate surface area is 329 Å². The van der Waals surface area contributed by atoms with Gasteiger partial charge in [0.05, 0.1) is 43.2 Å². The average Bonchev–Trinajstić information content (AvgIpc) is 3.85. The smallest absolute Gasteiger partial charge is 0.313 e. The molecule has 2 N–H and O–H groups in total. The van der Waals surface area contributed by atoms with Crippen molar-refractivity contribution in [2.24, 2.45) is 11.8 Å². The molecular weight excluding hydrogens is 711 g/mol. The lowest BCUT2D eigenvalue weighted by Crippen LogP contribution is -2.59. The van der Waals surface area contributed by atoms with E-state index in [9.17, 15) is 14.7 Å². The minimum absolute atomic E-state index is 0.0447. The first-order chi connectivity index (χ1) is 27.1. The van der Waals surface area contributed by atoms with E-state index in [2.05, 4.69) is 18.5 Å². The Bertz CT molecular complexity index is 1880. The van der Waals surface area contributed by atoms with Crippen molar-refractivity contribution in [1.82, 2.24) is 10.2 Å². The number of carbonyl (C=O) groups is 4. The molecule has 1 spiro atoms. The molecular formula is C45H53N3O8. The fraction of sp³-hybridized carbons (Fsp3) is 0.422. The van der Waals surface area contributed by atoms with Crippen LogP contribution >= 0.6 is 0 Å². The second-order valence-corrected chi connectivity index (χ2v) is 15.0. The number of amides is 3. The minimum atomic E-state index is -1.37. The Kier molecular flexibility index (Phi) is 12.9. The summed E-state index contributed by atoms with van der Waals surface area (Å²) in [6.07, 6.45) is 3.37. The number of hydrogen-bond donors (Lipinski definition) is 2. The zero-order chi connectivity index (χ0) is 40.0. The van der Waals surface area contributed by atoms with Gasteiger partial charge in [0, 0.05) is 25.8 Å². The Morgan fingerprint density at radius 3 is 2.32 bits per heavy atom. The Morgan fingerprint density at radius 2 is 1.70 bits per heavy atom. The van der Waals surface area contributed by atoms with E-state index in [0.717, 1.165) is 16.7 Å². The number of nitrogens with one attached hydrogen (secondary N) is 1. The normalized spacial score (nSPS) is 23.9. The summed E-state index contributed by atoms with van der Waals surface area (Å²) >= 11 is 0. The average molecular weight is 764 g/mol. The lowest BCUT2D eigenvalue weighted by molar-refractivity contribution is -0.163. The summed E-state index contributed by atoms with van der Waals surface area (Å²) in [5, 5.41) is 14.0. The van der Waals surface area contributed by atoms with Crippen molar-refractivity contribution in [2.45, 2.75) is 81.9 Å². The van der Waals surface area contributed by atoms with Crippen LogP contribution in [0, 0.1) is 25.7 Å². The van der Waals surface area contributed by atoms with E-state index in [4.69, 9.17) is 14.2 Å². The number of methoxy groups -OCH3 is 1. The molecule has 0 aliphatic carbocycles. The lowest BCUT2D eigenvalue weighted by atomic mass is 9.70. The number of aliphatic hydroxyl groups is 1. The van der Waals surface area contributed by atoms with E-state index in [1.54, 1.807) is 17.1 Å². The second-order valence-electron chi connectivity index (χ2n) is 15.0. The minimum Gasteiger partial charge on any atom is -0.455 e. The zero-order valence-electron chi connectivity index (χ0n) is 32.5. The molecule has 3 saturated heterocycles. The zero-order valence-corrected chi connectivity index (χ0v) is 32.5. The summed E-state index contributed by atoms with van der Waals surface area (Å²) < 4.78 is 18.7. The van der Waals surface area contributed by atoms with Gasteiger partial charge in [0.15, 0.2) is 0 Å². The third-order valence-corrected chi connectivity index (χ3v) is 11.5. The van der Waals surface area contributed by atoms with Crippen LogP contribution in [0.25, 0.3) is 0 Å². The van der Waals surface area contributed by atoms with Gasteiger partial charge >= 0.3 is 5.97 Å². The van der Waals surface area contributed by atoms with Crippen LogP contribution in [0.3, 0.4) is 0 Å². The number of aryl methyl sites for hydroxylation is 2. The molecule has 296 valence electrons. The molecule has 3 aliphatic rings. The van der Waals surface area contributed by atoms with Crippen LogP contribution in [0.2, 0.25) is 0 Å². The fourth-order valence-electron chi connectivity index (χ4n) is 9.09. The number of fused-ring (bicyclic) bond motifs is 1. The van der Waals surface area contributed by atoms with E-state index in [0.29, 0.717) is 30.5 Å². The number of allylic oxidation sites excluding steroid dienone is 1. The van der Waals surface area contributed by atoms with Crippen molar-refractivity contribution in [3.8, 4) is 0 Å². The molecule has 3 aromatic rings. The first-order valence-electron chi connectivity index (χ1n) is 19.4. The molecule has 0 saturated carbocycles. The number of para-hydroxylation sites is 1. The highest BCUT2D eigenvalue weighted by molar-refractivity contribution is 6.05. The van der Waals surface area contributed by atoms with Gasteiger partial charge < -0.3 is 34.4 Å². The molecule has 0 radical (unpaired) electrons. The molecule has 0 unspecified atom stereocenters. The number of nitrogens with zero attached hydrogens (tertiary/aromatic N) is 2. The second kappa shape index (κ2) is 17.8. The molecule has 3 aromatic carbocycles. The van der Waals surface area contributed by atoms with Gasteiger partial charge in [-0.15, -0.1) is 13.2 Å². The summed E-state index contributed by atoms with van der Waals surface area (Å²) in [6.45, 7) is 11.3. The summed E-state index contributed by atoms with van der Waals surface area (Å²) in [7, 11) is 1.50. The van der Waals surface area contributed by atoms with Crippen LogP contribution in [0.5, 0.6) is 0 Å². The molecule has 6 rings (SSSR count). The van der Waals surface area contributed by atoms with Crippen molar-refractivity contribution in [2.75, 3.05) is 31.8 Å². The van der Waals surface area contributed by atoms with Gasteiger partial charge in [-0.3, -0.25) is 19.2 Å². The number of benzene rings is 3. The summed E-state index contributed by atoms with van der Waals surface area (Å²) in [5.74, 6) is -3.84. The maximum Gasteiger partial charge on any atom is 0.313 e. The molecule has 11 nitrogen and oxygen atoms in total. The van der Waals surface area contributed by atoms with Gasteiger partial charge in [0.25, 0.3) is 5.91 Å². The Hall–Kier alpha value is -5.10. The number of rotatable bonds is 18. The predicted octanol–water partition coefficient (Wildman–Crippen LogP) is 5.18. The first kappa shape index (κ1) is 40.6. The van der Waals surface area contributed by atoms with E-state index in [-0.39, 0.29) is 37.8 Å². The van der Waals surface area contributed by atoms with Crippen LogP contribution in [0.15, 0.2) is 104 Å². The number of hydrogen-bond acceptors (Lipinski definition) is 8. The molecule has 3 amide bonds. The van der Waals surface area contributed by atoms with Crippen molar-refractivity contribution < 1.29 is 38.5 Å². The Balaban J connectivity index is 1.41. The van der Waals surface area contributed by atoms with E-state index >= 15 is 9.59 Å². The van der Waals surface area contributed by atoms with Gasteiger partial charge in [-0.25, -0.2) is 0 Å². The third-order valence-electron chi connectivity index (χ3n) is 11.5. The molecule has 2 bridgehead atoms. The monoisotopic (exact) mass is 763 g/mol. The third kappa shape index (κ3) is 7.80. The summed E-state index contributed by atoms with van der Waals surface area (Å²) in [5.41, 5.74) is 2.61. The molecule has 3 fully saturated rings. The van der Waals surface area contributed by atoms with Crippen molar-refractivity contribution >= 4 is 29.4 Å². The fourth-order valence-corrected chi connectivity index (χ4v) is 9.09. The van der Waals surface area contributed by atoms with Gasteiger partial charge in [0.1, 0.15) is 17.7 Å². The van der Waals surface area contributed by atoms with Crippen LogP contribution in [-0.4, -0.2) is 90.4 Å². The highest BCUT2D eigenvalue weighted by Gasteiger charge is 2.76. The van der Waals surface area contributed by atoms with Gasteiger partial charge in [0.2, 0.25) is 11.8 Å². The lowest BCUT2D eigenvalue weighted by Gasteiger charge is -2.40. The number of anilines is 1. The van der Waals surface area contributed by atoms with Crippen LogP contribution in [0.4, 0.5) is 5.69 Å². The van der Waals surface area contributed by atoms with Gasteiger partial charge in [-0.1, -0.05) is 91.0 Å².